The maximum atomic E-state index is 12.8. The molecule has 174 valence electrons. The Labute approximate surface area is 197 Å². The van der Waals surface area contributed by atoms with Crippen LogP contribution in [-0.4, -0.2) is 35.7 Å². The van der Waals surface area contributed by atoms with Crippen molar-refractivity contribution >= 4 is 18.0 Å². The van der Waals surface area contributed by atoms with E-state index in [1.807, 2.05) is 42.5 Å². The highest BCUT2D eigenvalue weighted by Crippen LogP contribution is 2.44. The second-order valence-electron chi connectivity index (χ2n) is 8.26. The zero-order valence-corrected chi connectivity index (χ0v) is 18.7. The average Bonchev–Trinajstić information content (AvgIpc) is 3.16. The zero-order valence-electron chi connectivity index (χ0n) is 18.7. The molecule has 0 aliphatic heterocycles. The van der Waals surface area contributed by atoms with Crippen molar-refractivity contribution in [3.8, 4) is 11.1 Å². The summed E-state index contributed by atoms with van der Waals surface area (Å²) >= 11 is 0. The molecule has 7 heteroatoms. The fourth-order valence-corrected chi connectivity index (χ4v) is 4.27. The molecular weight excluding hydrogens is 432 g/mol. The number of hydrogen-bond donors (Lipinski definition) is 3. The van der Waals surface area contributed by atoms with E-state index < -0.39 is 30.1 Å². The molecule has 0 radical (unpaired) electrons. The maximum Gasteiger partial charge on any atom is 0.407 e. The van der Waals surface area contributed by atoms with Gasteiger partial charge in [-0.05, 0) is 34.7 Å². The van der Waals surface area contributed by atoms with E-state index in [-0.39, 0.29) is 18.9 Å². The first kappa shape index (κ1) is 23.0. The van der Waals surface area contributed by atoms with Gasteiger partial charge in [0.25, 0.3) is 0 Å². The number of benzene rings is 3. The first-order chi connectivity index (χ1) is 16.4. The van der Waals surface area contributed by atoms with E-state index in [0.717, 1.165) is 22.3 Å². The number of hydrogen-bond acceptors (Lipinski definition) is 4. The lowest BCUT2D eigenvalue weighted by Gasteiger charge is -2.21. The van der Waals surface area contributed by atoms with E-state index in [2.05, 4.69) is 22.8 Å². The molecule has 3 aromatic rings. The van der Waals surface area contributed by atoms with E-state index in [1.54, 1.807) is 24.3 Å². The molecule has 0 spiro atoms. The van der Waals surface area contributed by atoms with Gasteiger partial charge < -0.3 is 20.5 Å². The van der Waals surface area contributed by atoms with Crippen LogP contribution in [-0.2, 0) is 14.3 Å². The summed E-state index contributed by atoms with van der Waals surface area (Å²) in [5.41, 5.74) is 5.21. The number of rotatable bonds is 8. The summed E-state index contributed by atoms with van der Waals surface area (Å²) in [6.07, 6.45) is -0.763. The van der Waals surface area contributed by atoms with Crippen molar-refractivity contribution in [2.24, 2.45) is 0 Å². The minimum Gasteiger partial charge on any atom is -0.480 e. The lowest BCUT2D eigenvalue weighted by Crippen LogP contribution is -2.41. The minimum absolute atomic E-state index is 0.0759. The van der Waals surface area contributed by atoms with Crippen molar-refractivity contribution in [3.05, 3.63) is 95.6 Å². The van der Waals surface area contributed by atoms with Crippen molar-refractivity contribution in [1.29, 1.82) is 0 Å². The number of carboxylic acid groups (broad SMARTS) is 1. The molecule has 0 saturated heterocycles. The molecule has 0 fully saturated rings. The summed E-state index contributed by atoms with van der Waals surface area (Å²) in [6.45, 7) is 1.54. The number of carboxylic acids is 1. The van der Waals surface area contributed by atoms with Gasteiger partial charge in [-0.3, -0.25) is 9.59 Å². The number of alkyl carbamates (subject to hydrolysis) is 1. The topological polar surface area (TPSA) is 105 Å². The van der Waals surface area contributed by atoms with Crippen molar-refractivity contribution in [2.75, 3.05) is 6.61 Å². The molecule has 3 N–H and O–H groups in total. The van der Waals surface area contributed by atoms with Crippen LogP contribution in [0, 0.1) is 0 Å². The highest BCUT2D eigenvalue weighted by molar-refractivity contribution is 5.84. The second kappa shape index (κ2) is 10.2. The Balaban J connectivity index is 1.44. The first-order valence-electron chi connectivity index (χ1n) is 11.1. The molecule has 0 heterocycles. The molecule has 2 atom stereocenters. The lowest BCUT2D eigenvalue weighted by molar-refractivity contribution is -0.141. The number of nitrogens with one attached hydrogen (secondary N) is 2. The molecule has 34 heavy (non-hydrogen) atoms. The third-order valence-electron chi connectivity index (χ3n) is 5.98. The van der Waals surface area contributed by atoms with Crippen LogP contribution >= 0.6 is 0 Å². The van der Waals surface area contributed by atoms with Crippen molar-refractivity contribution in [2.45, 2.75) is 31.3 Å². The molecule has 0 aromatic heterocycles. The van der Waals surface area contributed by atoms with Gasteiger partial charge in [0.2, 0.25) is 5.91 Å². The Kier molecular flexibility index (Phi) is 6.92. The van der Waals surface area contributed by atoms with E-state index in [4.69, 9.17) is 9.84 Å². The summed E-state index contributed by atoms with van der Waals surface area (Å²) < 4.78 is 5.62. The van der Waals surface area contributed by atoms with Gasteiger partial charge in [0.05, 0.1) is 12.5 Å². The normalized spacial score (nSPS) is 13.8. The summed E-state index contributed by atoms with van der Waals surface area (Å²) in [5, 5.41) is 14.2. The van der Waals surface area contributed by atoms with Crippen LogP contribution < -0.4 is 10.6 Å². The smallest absolute Gasteiger partial charge is 0.407 e. The van der Waals surface area contributed by atoms with Crippen LogP contribution in [0.5, 0.6) is 0 Å². The van der Waals surface area contributed by atoms with E-state index in [0.29, 0.717) is 5.56 Å². The number of ether oxygens (including phenoxy) is 1. The van der Waals surface area contributed by atoms with Gasteiger partial charge in [0.1, 0.15) is 12.6 Å². The summed E-state index contributed by atoms with van der Waals surface area (Å²) in [4.78, 5) is 36.2. The molecule has 2 amide bonds. The standard InChI is InChI=1S/C27H26N2O5/c1-17(26(31)32)28-25(30)15-24(18-9-3-2-4-10-18)29-27(33)34-16-23-21-13-7-5-11-19(21)20-12-6-8-14-22(20)23/h2-14,17,23-24H,15-16H2,1H3,(H,28,30)(H,29,33)(H,31,32). The van der Waals surface area contributed by atoms with Gasteiger partial charge in [0, 0.05) is 5.92 Å². The highest BCUT2D eigenvalue weighted by atomic mass is 16.5. The molecule has 4 rings (SSSR count). The van der Waals surface area contributed by atoms with Crippen LogP contribution in [0.3, 0.4) is 0 Å². The Morgan fingerprint density at radius 1 is 0.853 bits per heavy atom. The quantitative estimate of drug-likeness (QED) is 0.468. The molecule has 3 aromatic carbocycles. The second-order valence-corrected chi connectivity index (χ2v) is 8.26. The monoisotopic (exact) mass is 458 g/mol. The first-order valence-corrected chi connectivity index (χ1v) is 11.1. The Morgan fingerprint density at radius 2 is 1.41 bits per heavy atom. The van der Waals surface area contributed by atoms with E-state index in [1.165, 1.54) is 6.92 Å². The van der Waals surface area contributed by atoms with Gasteiger partial charge in [0.15, 0.2) is 0 Å². The molecule has 0 saturated carbocycles. The minimum atomic E-state index is -1.13. The van der Waals surface area contributed by atoms with Crippen molar-refractivity contribution in [1.82, 2.24) is 10.6 Å². The van der Waals surface area contributed by atoms with Crippen LogP contribution in [0.25, 0.3) is 11.1 Å². The van der Waals surface area contributed by atoms with Crippen LogP contribution in [0.1, 0.15) is 42.0 Å². The average molecular weight is 459 g/mol. The Morgan fingerprint density at radius 3 is 2.00 bits per heavy atom. The van der Waals surface area contributed by atoms with Gasteiger partial charge >= 0.3 is 12.1 Å². The number of carbonyl (C=O) groups is 3. The predicted molar refractivity (Wildman–Crippen MR) is 127 cm³/mol. The van der Waals surface area contributed by atoms with Crippen molar-refractivity contribution in [3.63, 3.8) is 0 Å². The molecule has 1 aliphatic carbocycles. The number of fused-ring (bicyclic) bond motifs is 3. The van der Waals surface area contributed by atoms with Crippen LogP contribution in [0.4, 0.5) is 4.79 Å². The highest BCUT2D eigenvalue weighted by Gasteiger charge is 2.29. The SMILES string of the molecule is CC(NC(=O)CC(NC(=O)OCC1c2ccccc2-c2ccccc21)c1ccccc1)C(=O)O. The van der Waals surface area contributed by atoms with Crippen LogP contribution in [0.2, 0.25) is 0 Å². The predicted octanol–water partition coefficient (Wildman–Crippen LogP) is 4.25. The Hall–Kier alpha value is -4.13. The van der Waals surface area contributed by atoms with Crippen LogP contribution in [0.15, 0.2) is 78.9 Å². The fraction of sp³-hybridized carbons (Fsp3) is 0.222. The lowest BCUT2D eigenvalue weighted by atomic mass is 9.98. The number of amides is 2. The fourth-order valence-electron chi connectivity index (χ4n) is 4.27. The molecule has 1 aliphatic rings. The van der Waals surface area contributed by atoms with Gasteiger partial charge in [-0.2, -0.15) is 0 Å². The molecule has 0 bridgehead atoms. The number of carbonyl (C=O) groups excluding carboxylic acids is 2. The molecule has 7 nitrogen and oxygen atoms in total. The van der Waals surface area contributed by atoms with Gasteiger partial charge in [-0.1, -0.05) is 78.9 Å². The summed E-state index contributed by atoms with van der Waals surface area (Å²) in [7, 11) is 0. The molecular formula is C27H26N2O5. The van der Waals surface area contributed by atoms with E-state index in [9.17, 15) is 14.4 Å². The maximum absolute atomic E-state index is 12.8. The summed E-state index contributed by atoms with van der Waals surface area (Å²) in [6, 6.07) is 23.5. The third-order valence-corrected chi connectivity index (χ3v) is 5.98. The molecule has 2 unspecified atom stereocenters. The van der Waals surface area contributed by atoms with Gasteiger partial charge in [-0.25, -0.2) is 4.79 Å². The van der Waals surface area contributed by atoms with Gasteiger partial charge in [-0.15, -0.1) is 0 Å². The summed E-state index contributed by atoms with van der Waals surface area (Å²) in [5.74, 6) is -1.69. The van der Waals surface area contributed by atoms with E-state index >= 15 is 0 Å². The third kappa shape index (κ3) is 5.09. The number of aliphatic carboxylic acids is 1. The Bertz CT molecular complexity index is 1150. The largest absolute Gasteiger partial charge is 0.480 e. The van der Waals surface area contributed by atoms with Crippen molar-refractivity contribution < 1.29 is 24.2 Å². The zero-order chi connectivity index (χ0) is 24.1.